The zero-order valence-corrected chi connectivity index (χ0v) is 10.9. The van der Waals surface area contributed by atoms with Gasteiger partial charge in [0.2, 0.25) is 0 Å². The first-order chi connectivity index (χ1) is 6.45. The summed E-state index contributed by atoms with van der Waals surface area (Å²) in [7, 11) is 0. The maximum absolute atomic E-state index is 2.29. The standard InChI is InChI=1S/C10H9IPS/c1-2-5-9(6-3-1)13-10-7-4-8-12-11-10/h1-8,12H/q-1. The van der Waals surface area contributed by atoms with Crippen molar-refractivity contribution in [3.8, 4) is 0 Å². The molecule has 1 aliphatic rings. The van der Waals surface area contributed by atoms with E-state index in [0.29, 0.717) is 0 Å². The van der Waals surface area contributed by atoms with Crippen LogP contribution in [0, 0.1) is 0 Å². The van der Waals surface area contributed by atoms with Gasteiger partial charge in [0.05, 0.1) is 0 Å². The summed E-state index contributed by atoms with van der Waals surface area (Å²) in [6.45, 7) is 0. The Hall–Kier alpha value is 0.210. The van der Waals surface area contributed by atoms with E-state index >= 15 is 0 Å². The van der Waals surface area contributed by atoms with Gasteiger partial charge in [-0.05, 0) is 0 Å². The van der Waals surface area contributed by atoms with Gasteiger partial charge >= 0.3 is 94.7 Å². The van der Waals surface area contributed by atoms with E-state index in [0.717, 1.165) is 6.22 Å². The first-order valence-corrected chi connectivity index (χ1v) is 10.0. The molecule has 1 aromatic carbocycles. The molecule has 1 heterocycles. The third-order valence-corrected chi connectivity index (χ3v) is 9.13. The number of thioether (sulfide) groups is 1. The molecule has 1 unspecified atom stereocenters. The Morgan fingerprint density at radius 3 is 2.69 bits per heavy atom. The number of halogens is 1. The Morgan fingerprint density at radius 1 is 1.15 bits per heavy atom. The van der Waals surface area contributed by atoms with Crippen LogP contribution in [-0.4, -0.2) is 0 Å². The molecule has 1 atom stereocenters. The van der Waals surface area contributed by atoms with Crippen LogP contribution in [0.2, 0.25) is 0 Å². The van der Waals surface area contributed by atoms with Gasteiger partial charge in [-0.25, -0.2) is 0 Å². The average molecular weight is 319 g/mol. The van der Waals surface area contributed by atoms with Crippen LogP contribution in [0.4, 0.5) is 0 Å². The van der Waals surface area contributed by atoms with Crippen LogP contribution in [-0.2, 0) is 0 Å². The summed E-state index contributed by atoms with van der Waals surface area (Å²) >= 11 is 2.22. The first kappa shape index (κ1) is 9.75. The Morgan fingerprint density at radius 2 is 2.00 bits per heavy atom. The fraction of sp³-hybridized carbons (Fsp3) is 0. The number of allylic oxidation sites excluding steroid dienone is 2. The molecule has 0 radical (unpaired) electrons. The zero-order chi connectivity index (χ0) is 8.93. The van der Waals surface area contributed by atoms with E-state index in [2.05, 4.69) is 48.3 Å². The molecular formula is C10H9IPS-. The van der Waals surface area contributed by atoms with Gasteiger partial charge in [-0.3, -0.25) is 0 Å². The third kappa shape index (κ3) is 3.12. The van der Waals surface area contributed by atoms with E-state index in [1.54, 1.807) is 2.91 Å². The Kier molecular flexibility index (Phi) is 3.89. The molecule has 0 amide bonds. The molecule has 13 heavy (non-hydrogen) atoms. The SMILES string of the molecule is C1=CP[I-]C(Sc2ccccc2)=C1. The van der Waals surface area contributed by atoms with E-state index in [1.165, 1.54) is 4.90 Å². The number of hydrogen-bond donors (Lipinski definition) is 0. The van der Waals surface area contributed by atoms with Crippen molar-refractivity contribution >= 4 is 18.0 Å². The summed E-state index contributed by atoms with van der Waals surface area (Å²) in [5.74, 6) is 2.29. The van der Waals surface area contributed by atoms with E-state index in [9.17, 15) is 0 Å². The second kappa shape index (κ2) is 5.18. The van der Waals surface area contributed by atoms with Crippen LogP contribution in [0.25, 0.3) is 0 Å². The molecule has 1 aliphatic heterocycles. The molecule has 3 heteroatoms. The monoisotopic (exact) mass is 319 g/mol. The molecule has 0 N–H and O–H groups in total. The topological polar surface area (TPSA) is 0 Å². The van der Waals surface area contributed by atoms with Crippen LogP contribution in [0.1, 0.15) is 0 Å². The van der Waals surface area contributed by atoms with Crippen molar-refractivity contribution in [1.29, 1.82) is 0 Å². The molecule has 1 aromatic rings. The van der Waals surface area contributed by atoms with Crippen molar-refractivity contribution < 1.29 is 20.7 Å². The van der Waals surface area contributed by atoms with Gasteiger partial charge in [0, 0.05) is 0 Å². The second-order valence-electron chi connectivity index (χ2n) is 2.45. The molecule has 0 aromatic heterocycles. The maximum atomic E-state index is 2.29. The molecule has 0 saturated carbocycles. The summed E-state index contributed by atoms with van der Waals surface area (Å²) in [6, 6.07) is 10.6. The van der Waals surface area contributed by atoms with E-state index in [4.69, 9.17) is 0 Å². The molecule has 0 saturated heterocycles. The molecule has 2 rings (SSSR count). The van der Waals surface area contributed by atoms with Crippen molar-refractivity contribution in [2.75, 3.05) is 0 Å². The van der Waals surface area contributed by atoms with Crippen LogP contribution in [0.5, 0.6) is 0 Å². The van der Waals surface area contributed by atoms with Gasteiger partial charge in [0.1, 0.15) is 0 Å². The molecular weight excluding hydrogens is 310 g/mol. The van der Waals surface area contributed by atoms with Crippen LogP contribution >= 0.6 is 18.0 Å². The Labute approximate surface area is 94.3 Å². The fourth-order valence-corrected chi connectivity index (χ4v) is 7.63. The van der Waals surface area contributed by atoms with Crippen LogP contribution < -0.4 is 20.7 Å². The minimum absolute atomic E-state index is 0.288. The molecule has 0 aliphatic carbocycles. The molecule has 0 spiro atoms. The van der Waals surface area contributed by atoms with Crippen LogP contribution in [0.15, 0.2) is 56.1 Å². The average Bonchev–Trinajstić information content (AvgIpc) is 2.21. The second-order valence-corrected chi connectivity index (χ2v) is 9.69. The van der Waals surface area contributed by atoms with Crippen molar-refractivity contribution in [2.24, 2.45) is 0 Å². The first-order valence-electron chi connectivity index (χ1n) is 3.94. The predicted octanol–water partition coefficient (Wildman–Crippen LogP) is 0.830. The van der Waals surface area contributed by atoms with Crippen molar-refractivity contribution in [1.82, 2.24) is 0 Å². The van der Waals surface area contributed by atoms with E-state index in [1.807, 2.05) is 11.8 Å². The van der Waals surface area contributed by atoms with Crippen molar-refractivity contribution in [2.45, 2.75) is 4.90 Å². The summed E-state index contributed by atoms with van der Waals surface area (Å²) in [5, 5.41) is 0. The van der Waals surface area contributed by atoms with Gasteiger partial charge in [0.25, 0.3) is 0 Å². The zero-order valence-electron chi connectivity index (χ0n) is 6.91. The van der Waals surface area contributed by atoms with Crippen molar-refractivity contribution in [3.63, 3.8) is 0 Å². The molecule has 0 nitrogen and oxygen atoms in total. The Balaban J connectivity index is 2.06. The quantitative estimate of drug-likeness (QED) is 0.575. The van der Waals surface area contributed by atoms with E-state index in [-0.39, 0.29) is 20.7 Å². The van der Waals surface area contributed by atoms with Gasteiger partial charge in [0.15, 0.2) is 0 Å². The normalized spacial score (nSPS) is 18.0. The Bertz CT molecular complexity index is 332. The van der Waals surface area contributed by atoms with Crippen molar-refractivity contribution in [3.05, 3.63) is 51.2 Å². The summed E-state index contributed by atoms with van der Waals surface area (Å²) < 4.78 is 1.59. The van der Waals surface area contributed by atoms with Gasteiger partial charge in [-0.15, -0.1) is 0 Å². The van der Waals surface area contributed by atoms with Gasteiger partial charge < -0.3 is 0 Å². The van der Waals surface area contributed by atoms with Gasteiger partial charge in [-0.2, -0.15) is 0 Å². The summed E-state index contributed by atoms with van der Waals surface area (Å²) in [6.07, 6.45) is 5.53. The van der Waals surface area contributed by atoms with Crippen LogP contribution in [0.3, 0.4) is 0 Å². The minimum atomic E-state index is 0.288. The number of rotatable bonds is 2. The van der Waals surface area contributed by atoms with Gasteiger partial charge in [-0.1, -0.05) is 0 Å². The summed E-state index contributed by atoms with van der Waals surface area (Å²) in [5.41, 5.74) is 0. The molecule has 0 bridgehead atoms. The third-order valence-electron chi connectivity index (χ3n) is 1.49. The van der Waals surface area contributed by atoms with E-state index < -0.39 is 0 Å². The summed E-state index contributed by atoms with van der Waals surface area (Å²) in [4.78, 5) is 1.37. The molecule has 0 fully saturated rings. The number of hydrogen-bond acceptors (Lipinski definition) is 1. The predicted molar refractivity (Wildman–Crippen MR) is 57.8 cm³/mol. The molecule has 68 valence electrons. The fourth-order valence-electron chi connectivity index (χ4n) is 0.931. The number of benzene rings is 1.